The third kappa shape index (κ3) is 3.45. The molecule has 0 saturated heterocycles. The average molecular weight is 447 g/mol. The van der Waals surface area contributed by atoms with E-state index in [4.69, 9.17) is 0 Å². The fourth-order valence-electron chi connectivity index (χ4n) is 1.47. The Kier molecular flexibility index (Phi) is 4.96. The Morgan fingerprint density at radius 2 is 1.90 bits per heavy atom. The van der Waals surface area contributed by atoms with Crippen LogP contribution in [0.25, 0.3) is 0 Å². The van der Waals surface area contributed by atoms with Crippen LogP contribution in [0, 0.1) is 11.6 Å². The third-order valence-electron chi connectivity index (χ3n) is 2.35. The van der Waals surface area contributed by atoms with Gasteiger partial charge >= 0.3 is 0 Å². The Bertz CT molecular complexity index is 724. The fourth-order valence-corrected chi connectivity index (χ4v) is 5.15. The molecular formula is C11H7Br2F2NO2S2. The summed E-state index contributed by atoms with van der Waals surface area (Å²) in [5, 5.41) is 1.79. The molecule has 1 heterocycles. The van der Waals surface area contributed by atoms with E-state index >= 15 is 0 Å². The SMILES string of the molecule is O=S(=O)(NCc1sccc1Br)c1c(F)cc(F)cc1Br. The van der Waals surface area contributed by atoms with E-state index in [-0.39, 0.29) is 11.0 Å². The molecule has 2 rings (SSSR count). The van der Waals surface area contributed by atoms with Crippen molar-refractivity contribution in [2.75, 3.05) is 0 Å². The molecule has 0 amide bonds. The summed E-state index contributed by atoms with van der Waals surface area (Å²) in [5.74, 6) is -2.00. The van der Waals surface area contributed by atoms with Crippen LogP contribution in [0.15, 0.2) is 37.4 Å². The number of thiophene rings is 1. The maximum absolute atomic E-state index is 13.7. The van der Waals surface area contributed by atoms with Crippen LogP contribution < -0.4 is 4.72 Å². The van der Waals surface area contributed by atoms with E-state index in [0.717, 1.165) is 15.4 Å². The summed E-state index contributed by atoms with van der Waals surface area (Å²) in [7, 11) is -4.08. The van der Waals surface area contributed by atoms with Crippen LogP contribution in [0.5, 0.6) is 0 Å². The number of hydrogen-bond acceptors (Lipinski definition) is 3. The molecule has 0 aliphatic heterocycles. The highest BCUT2D eigenvalue weighted by Crippen LogP contribution is 2.27. The highest BCUT2D eigenvalue weighted by Gasteiger charge is 2.23. The van der Waals surface area contributed by atoms with E-state index in [1.54, 1.807) is 11.4 Å². The van der Waals surface area contributed by atoms with Gasteiger partial charge in [-0.3, -0.25) is 0 Å². The average Bonchev–Trinajstić information content (AvgIpc) is 2.70. The molecule has 0 saturated carbocycles. The van der Waals surface area contributed by atoms with Crippen molar-refractivity contribution >= 4 is 53.2 Å². The van der Waals surface area contributed by atoms with E-state index in [9.17, 15) is 17.2 Å². The first-order valence-electron chi connectivity index (χ1n) is 5.17. The molecule has 0 aliphatic rings. The van der Waals surface area contributed by atoms with Gasteiger partial charge in [0.05, 0.1) is 0 Å². The minimum absolute atomic E-state index is 0.0177. The number of sulfonamides is 1. The van der Waals surface area contributed by atoms with Gasteiger partial charge < -0.3 is 0 Å². The van der Waals surface area contributed by atoms with Crippen LogP contribution >= 0.6 is 43.2 Å². The van der Waals surface area contributed by atoms with Crippen molar-refractivity contribution in [2.45, 2.75) is 11.4 Å². The lowest BCUT2D eigenvalue weighted by Crippen LogP contribution is -2.24. The quantitative estimate of drug-likeness (QED) is 0.770. The van der Waals surface area contributed by atoms with Crippen molar-refractivity contribution in [1.29, 1.82) is 0 Å². The molecule has 1 aromatic heterocycles. The molecule has 0 radical (unpaired) electrons. The van der Waals surface area contributed by atoms with E-state index in [1.165, 1.54) is 11.3 Å². The Morgan fingerprint density at radius 1 is 1.20 bits per heavy atom. The minimum atomic E-state index is -4.08. The van der Waals surface area contributed by atoms with Gasteiger partial charge in [-0.2, -0.15) is 0 Å². The summed E-state index contributed by atoms with van der Waals surface area (Å²) in [6.45, 7) is 0.0177. The minimum Gasteiger partial charge on any atom is -0.207 e. The first-order chi connectivity index (χ1) is 9.31. The Hall–Kier alpha value is -0.350. The highest BCUT2D eigenvalue weighted by molar-refractivity contribution is 9.10. The predicted octanol–water partition coefficient (Wildman–Crippen LogP) is 4.03. The third-order valence-corrected chi connectivity index (χ3v) is 6.64. The summed E-state index contributed by atoms with van der Waals surface area (Å²) < 4.78 is 53.7. The monoisotopic (exact) mass is 445 g/mol. The normalized spacial score (nSPS) is 11.8. The second-order valence-electron chi connectivity index (χ2n) is 3.71. The molecule has 1 N–H and O–H groups in total. The van der Waals surface area contributed by atoms with Gasteiger partial charge in [0.15, 0.2) is 0 Å². The van der Waals surface area contributed by atoms with Gasteiger partial charge in [-0.15, -0.1) is 11.3 Å². The van der Waals surface area contributed by atoms with Crippen molar-refractivity contribution in [3.63, 3.8) is 0 Å². The fraction of sp³-hybridized carbons (Fsp3) is 0.0909. The Labute approximate surface area is 135 Å². The largest absolute Gasteiger partial charge is 0.244 e. The lowest BCUT2D eigenvalue weighted by molar-refractivity contribution is 0.540. The van der Waals surface area contributed by atoms with Crippen LogP contribution in [0.1, 0.15) is 4.88 Å². The van der Waals surface area contributed by atoms with Crippen molar-refractivity contribution in [1.82, 2.24) is 4.72 Å². The van der Waals surface area contributed by atoms with E-state index in [1.807, 2.05) is 0 Å². The van der Waals surface area contributed by atoms with Gasteiger partial charge in [0.1, 0.15) is 16.5 Å². The Morgan fingerprint density at radius 3 is 2.45 bits per heavy atom. The molecule has 9 heteroatoms. The molecule has 0 bridgehead atoms. The van der Waals surface area contributed by atoms with Gasteiger partial charge in [0.25, 0.3) is 0 Å². The van der Waals surface area contributed by atoms with Crippen LogP contribution in [-0.4, -0.2) is 8.42 Å². The standard InChI is InChI=1S/C11H7Br2F2NO2S2/c12-7-1-2-19-10(7)5-16-20(17,18)11-8(13)3-6(14)4-9(11)15/h1-4,16H,5H2. The molecule has 0 spiro atoms. The molecule has 108 valence electrons. The molecule has 3 nitrogen and oxygen atoms in total. The van der Waals surface area contributed by atoms with Gasteiger partial charge in [-0.05, 0) is 49.4 Å². The molecular weight excluding hydrogens is 440 g/mol. The van der Waals surface area contributed by atoms with Crippen LogP contribution in [0.2, 0.25) is 0 Å². The topological polar surface area (TPSA) is 46.2 Å². The zero-order chi connectivity index (χ0) is 14.9. The lowest BCUT2D eigenvalue weighted by Gasteiger charge is -2.09. The first-order valence-corrected chi connectivity index (χ1v) is 9.12. The molecule has 0 atom stereocenters. The summed E-state index contributed by atoms with van der Waals surface area (Å²) in [6, 6.07) is 3.21. The number of hydrogen-bond donors (Lipinski definition) is 1. The van der Waals surface area contributed by atoms with Crippen molar-refractivity contribution < 1.29 is 17.2 Å². The van der Waals surface area contributed by atoms with Crippen LogP contribution in [0.3, 0.4) is 0 Å². The summed E-state index contributed by atoms with van der Waals surface area (Å²) in [4.78, 5) is 0.152. The second-order valence-corrected chi connectivity index (χ2v) is 8.13. The molecule has 0 fully saturated rings. The molecule has 20 heavy (non-hydrogen) atoms. The van der Waals surface area contributed by atoms with Crippen LogP contribution in [0.4, 0.5) is 8.78 Å². The van der Waals surface area contributed by atoms with Crippen molar-refractivity contribution in [3.05, 3.63) is 49.0 Å². The zero-order valence-electron chi connectivity index (χ0n) is 9.66. The van der Waals surface area contributed by atoms with Crippen molar-refractivity contribution in [2.24, 2.45) is 0 Å². The molecule has 1 aromatic carbocycles. The molecule has 2 aromatic rings. The lowest BCUT2D eigenvalue weighted by atomic mass is 10.3. The van der Waals surface area contributed by atoms with Gasteiger partial charge in [-0.25, -0.2) is 21.9 Å². The molecule has 0 aliphatic carbocycles. The summed E-state index contributed by atoms with van der Waals surface area (Å²) in [6.07, 6.45) is 0. The highest BCUT2D eigenvalue weighted by atomic mass is 79.9. The van der Waals surface area contributed by atoms with E-state index < -0.39 is 26.6 Å². The predicted molar refractivity (Wildman–Crippen MR) is 80.1 cm³/mol. The van der Waals surface area contributed by atoms with Crippen molar-refractivity contribution in [3.8, 4) is 0 Å². The number of halogens is 4. The number of nitrogens with one attached hydrogen (secondary N) is 1. The van der Waals surface area contributed by atoms with Gasteiger partial charge in [0, 0.05) is 26.4 Å². The molecule has 0 unspecified atom stereocenters. The van der Waals surface area contributed by atoms with E-state index in [0.29, 0.717) is 6.07 Å². The summed E-state index contributed by atoms with van der Waals surface area (Å²) >= 11 is 7.49. The van der Waals surface area contributed by atoms with Gasteiger partial charge in [0.2, 0.25) is 10.0 Å². The maximum atomic E-state index is 13.7. The second kappa shape index (κ2) is 6.18. The Balaban J connectivity index is 2.30. The number of benzene rings is 1. The first kappa shape index (κ1) is 16.0. The number of rotatable bonds is 4. The summed E-state index contributed by atoms with van der Waals surface area (Å²) in [5.41, 5.74) is 0. The van der Waals surface area contributed by atoms with Gasteiger partial charge in [-0.1, -0.05) is 0 Å². The maximum Gasteiger partial charge on any atom is 0.244 e. The van der Waals surface area contributed by atoms with E-state index in [2.05, 4.69) is 36.6 Å². The van der Waals surface area contributed by atoms with Crippen LogP contribution in [-0.2, 0) is 16.6 Å². The zero-order valence-corrected chi connectivity index (χ0v) is 14.5. The smallest absolute Gasteiger partial charge is 0.207 e.